The van der Waals surface area contributed by atoms with E-state index in [2.05, 4.69) is 21.4 Å². The van der Waals surface area contributed by atoms with Crippen molar-refractivity contribution in [3.63, 3.8) is 0 Å². The lowest BCUT2D eigenvalue weighted by molar-refractivity contribution is -0.136. The number of nitrogen functional groups attached to an aromatic ring is 1. The third-order valence-corrected chi connectivity index (χ3v) is 4.71. The molecule has 0 fully saturated rings. The molecule has 0 amide bonds. The lowest BCUT2D eigenvalue weighted by atomic mass is 10.0. The molecule has 4 rings (SSSR count). The molecule has 0 bridgehead atoms. The fourth-order valence-corrected chi connectivity index (χ4v) is 3.42. The largest absolute Gasteiger partial charge is 0.418 e. The van der Waals surface area contributed by atoms with Crippen LogP contribution < -0.4 is 16.0 Å². The third kappa shape index (κ3) is 3.33. The Balaban J connectivity index is 1.72. The van der Waals surface area contributed by atoms with Crippen LogP contribution in [-0.2, 0) is 12.6 Å². The van der Waals surface area contributed by atoms with Crippen LogP contribution in [0.25, 0.3) is 0 Å². The van der Waals surface area contributed by atoms with E-state index in [1.807, 2.05) is 23.1 Å². The van der Waals surface area contributed by atoms with Gasteiger partial charge in [0.2, 0.25) is 0 Å². The van der Waals surface area contributed by atoms with Gasteiger partial charge in [0, 0.05) is 12.2 Å². The zero-order valence-corrected chi connectivity index (χ0v) is 14.9. The van der Waals surface area contributed by atoms with Gasteiger partial charge < -0.3 is 16.0 Å². The summed E-state index contributed by atoms with van der Waals surface area (Å²) >= 11 is 0. The summed E-state index contributed by atoms with van der Waals surface area (Å²) < 4.78 is 39.8. The molecule has 0 radical (unpaired) electrons. The van der Waals surface area contributed by atoms with Gasteiger partial charge in [-0.3, -0.25) is 0 Å². The number of benzene rings is 2. The summed E-state index contributed by atoms with van der Waals surface area (Å²) in [6.07, 6.45) is -1.29. The van der Waals surface area contributed by atoms with Crippen molar-refractivity contribution in [1.29, 1.82) is 0 Å². The number of nitrogens with zero attached hydrogens (tertiary/aromatic N) is 3. The SMILES string of the molecule is Nc1c(Nc2ccccc2C(F)(F)F)ncnc1N1CCCc2ccccc21. The number of nitrogens with one attached hydrogen (secondary N) is 1. The van der Waals surface area contributed by atoms with Crippen LogP contribution in [0.15, 0.2) is 54.9 Å². The summed E-state index contributed by atoms with van der Waals surface area (Å²) in [5.41, 5.74) is 7.77. The molecule has 2 aromatic carbocycles. The van der Waals surface area contributed by atoms with Crippen molar-refractivity contribution in [2.75, 3.05) is 22.5 Å². The predicted octanol–water partition coefficient (Wildman–Crippen LogP) is 4.91. The lowest BCUT2D eigenvalue weighted by Crippen LogP contribution is -2.26. The number of fused-ring (bicyclic) bond motifs is 1. The Morgan fingerprint density at radius 2 is 1.75 bits per heavy atom. The van der Waals surface area contributed by atoms with E-state index in [1.165, 1.54) is 30.1 Å². The van der Waals surface area contributed by atoms with E-state index in [9.17, 15) is 13.2 Å². The number of anilines is 5. The molecule has 0 saturated heterocycles. The van der Waals surface area contributed by atoms with Gasteiger partial charge in [0.1, 0.15) is 12.0 Å². The molecule has 1 aliphatic heterocycles. The van der Waals surface area contributed by atoms with Crippen molar-refractivity contribution in [1.82, 2.24) is 9.97 Å². The Labute approximate surface area is 160 Å². The molecule has 0 atom stereocenters. The van der Waals surface area contributed by atoms with Gasteiger partial charge in [-0.15, -0.1) is 0 Å². The molecule has 28 heavy (non-hydrogen) atoms. The number of nitrogens with two attached hydrogens (primary N) is 1. The molecule has 2 heterocycles. The minimum Gasteiger partial charge on any atom is -0.393 e. The topological polar surface area (TPSA) is 67.1 Å². The molecular formula is C20H18F3N5. The number of alkyl halides is 3. The van der Waals surface area contributed by atoms with E-state index in [0.717, 1.165) is 31.1 Å². The number of hydrogen-bond acceptors (Lipinski definition) is 5. The lowest BCUT2D eigenvalue weighted by Gasteiger charge is -2.31. The monoisotopic (exact) mass is 385 g/mol. The van der Waals surface area contributed by atoms with Gasteiger partial charge in [-0.1, -0.05) is 30.3 Å². The Bertz CT molecular complexity index is 1000. The Kier molecular flexibility index (Phi) is 4.54. The highest BCUT2D eigenvalue weighted by molar-refractivity contribution is 5.83. The summed E-state index contributed by atoms with van der Waals surface area (Å²) in [5, 5.41) is 2.73. The maximum atomic E-state index is 13.3. The molecular weight excluding hydrogens is 367 g/mol. The zero-order valence-electron chi connectivity index (χ0n) is 14.9. The van der Waals surface area contributed by atoms with Crippen molar-refractivity contribution in [2.24, 2.45) is 0 Å². The van der Waals surface area contributed by atoms with Crippen molar-refractivity contribution in [3.8, 4) is 0 Å². The van der Waals surface area contributed by atoms with Crippen LogP contribution in [0, 0.1) is 0 Å². The second-order valence-corrected chi connectivity index (χ2v) is 6.51. The number of hydrogen-bond donors (Lipinski definition) is 2. The summed E-state index contributed by atoms with van der Waals surface area (Å²) in [5.74, 6) is 0.624. The van der Waals surface area contributed by atoms with Crippen molar-refractivity contribution < 1.29 is 13.2 Å². The number of aryl methyl sites for hydroxylation is 1. The molecule has 0 spiro atoms. The maximum Gasteiger partial charge on any atom is 0.418 e. The van der Waals surface area contributed by atoms with Crippen LogP contribution in [0.4, 0.5) is 41.9 Å². The molecule has 0 saturated carbocycles. The number of para-hydroxylation sites is 2. The minimum atomic E-state index is -4.49. The van der Waals surface area contributed by atoms with Crippen LogP contribution in [-0.4, -0.2) is 16.5 Å². The average molecular weight is 385 g/mol. The van der Waals surface area contributed by atoms with Gasteiger partial charge in [0.05, 0.1) is 11.3 Å². The first-order chi connectivity index (χ1) is 13.4. The third-order valence-electron chi connectivity index (χ3n) is 4.71. The summed E-state index contributed by atoms with van der Waals surface area (Å²) in [4.78, 5) is 10.4. The number of halogens is 3. The first-order valence-corrected chi connectivity index (χ1v) is 8.84. The number of aromatic nitrogens is 2. The molecule has 5 nitrogen and oxygen atoms in total. The molecule has 1 aromatic heterocycles. The Morgan fingerprint density at radius 3 is 2.57 bits per heavy atom. The molecule has 0 unspecified atom stereocenters. The van der Waals surface area contributed by atoms with E-state index in [1.54, 1.807) is 0 Å². The van der Waals surface area contributed by atoms with Gasteiger partial charge in [-0.05, 0) is 36.6 Å². The highest BCUT2D eigenvalue weighted by Crippen LogP contribution is 2.39. The maximum absolute atomic E-state index is 13.3. The fraction of sp³-hybridized carbons (Fsp3) is 0.200. The van der Waals surface area contributed by atoms with Crippen LogP contribution in [0.3, 0.4) is 0 Å². The van der Waals surface area contributed by atoms with Crippen molar-refractivity contribution >= 4 is 28.7 Å². The normalized spacial score (nSPS) is 13.9. The molecule has 1 aliphatic rings. The summed E-state index contributed by atoms with van der Waals surface area (Å²) in [6, 6.07) is 13.2. The van der Waals surface area contributed by atoms with E-state index in [0.29, 0.717) is 5.82 Å². The van der Waals surface area contributed by atoms with E-state index < -0.39 is 11.7 Å². The van der Waals surface area contributed by atoms with Crippen LogP contribution in [0.2, 0.25) is 0 Å². The molecule has 8 heteroatoms. The second-order valence-electron chi connectivity index (χ2n) is 6.51. The van der Waals surface area contributed by atoms with Gasteiger partial charge in [0.15, 0.2) is 11.6 Å². The second kappa shape index (κ2) is 7.03. The van der Waals surface area contributed by atoms with E-state index >= 15 is 0 Å². The Morgan fingerprint density at radius 1 is 1.00 bits per heavy atom. The first-order valence-electron chi connectivity index (χ1n) is 8.84. The summed E-state index contributed by atoms with van der Waals surface area (Å²) in [6.45, 7) is 0.719. The predicted molar refractivity (Wildman–Crippen MR) is 103 cm³/mol. The molecule has 144 valence electrons. The smallest absolute Gasteiger partial charge is 0.393 e. The van der Waals surface area contributed by atoms with Crippen molar-refractivity contribution in [2.45, 2.75) is 19.0 Å². The van der Waals surface area contributed by atoms with Crippen LogP contribution >= 0.6 is 0 Å². The molecule has 3 N–H and O–H groups in total. The zero-order chi connectivity index (χ0) is 19.7. The minimum absolute atomic E-state index is 0.106. The average Bonchev–Trinajstić information content (AvgIpc) is 2.69. The van der Waals surface area contributed by atoms with Crippen molar-refractivity contribution in [3.05, 3.63) is 66.0 Å². The first kappa shape index (κ1) is 18.1. The highest BCUT2D eigenvalue weighted by atomic mass is 19.4. The summed E-state index contributed by atoms with van der Waals surface area (Å²) in [7, 11) is 0. The van der Waals surface area contributed by atoms with Gasteiger partial charge in [-0.2, -0.15) is 13.2 Å². The highest BCUT2D eigenvalue weighted by Gasteiger charge is 2.33. The molecule has 3 aromatic rings. The van der Waals surface area contributed by atoms with Gasteiger partial charge in [-0.25, -0.2) is 9.97 Å². The fourth-order valence-electron chi connectivity index (χ4n) is 3.42. The van der Waals surface area contributed by atoms with Crippen LogP contribution in [0.1, 0.15) is 17.5 Å². The Hall–Kier alpha value is -3.29. The quantitative estimate of drug-likeness (QED) is 0.671. The standard InChI is InChI=1S/C20H18F3N5/c21-20(22,23)14-8-2-3-9-15(14)27-18-17(24)19(26-12-25-18)28-11-5-7-13-6-1-4-10-16(13)28/h1-4,6,8-10,12H,5,7,11,24H2,(H,25,26,27). The van der Waals surface area contributed by atoms with E-state index in [4.69, 9.17) is 5.73 Å². The van der Waals surface area contributed by atoms with Crippen LogP contribution in [0.5, 0.6) is 0 Å². The molecule has 0 aliphatic carbocycles. The number of rotatable bonds is 3. The van der Waals surface area contributed by atoms with Gasteiger partial charge in [0.25, 0.3) is 0 Å². The van der Waals surface area contributed by atoms with E-state index in [-0.39, 0.29) is 17.2 Å². The van der Waals surface area contributed by atoms with Gasteiger partial charge >= 0.3 is 6.18 Å².